The van der Waals surface area contributed by atoms with Gasteiger partial charge in [0.2, 0.25) is 11.8 Å². The number of hydrogen-bond acceptors (Lipinski definition) is 6. The van der Waals surface area contributed by atoms with Gasteiger partial charge in [-0.15, -0.1) is 0 Å². The number of aliphatic hydroxyl groups excluding tert-OH is 1. The maximum Gasteiger partial charge on any atom is 0.248 e. The zero-order chi connectivity index (χ0) is 31.5. The van der Waals surface area contributed by atoms with E-state index in [9.17, 15) is 37.4 Å². The number of phenols is 1. The topological polar surface area (TPSA) is 120 Å². The van der Waals surface area contributed by atoms with E-state index in [-0.39, 0.29) is 66.9 Å². The standard InChI is InChI=1S/C30H35F4N5O4/c1-30(2,10-26(42)35-3)28(39(27(43)16-40)14-18-11-36-12-24(18)34)29-37-25(22-9-19(31)4-5-23(22)33)15-38(29)13-17-6-20(32)8-21(41)7-17/h4-9,15,18,24,28,36,40-41H,10-14,16H2,1-3H3,(H,35,42). The minimum absolute atomic E-state index is 0.0179. The lowest BCUT2D eigenvalue weighted by atomic mass is 9.78. The van der Waals surface area contributed by atoms with Crippen molar-refractivity contribution in [3.8, 4) is 17.0 Å². The molecule has 0 aliphatic carbocycles. The van der Waals surface area contributed by atoms with E-state index in [2.05, 4.69) is 15.6 Å². The number of halogens is 4. The SMILES string of the molecule is CNC(=O)CC(C)(C)C(c1nc(-c2cc(F)ccc2F)cn1Cc1cc(O)cc(F)c1)N(CC1CNCC1F)C(=O)CO. The first kappa shape index (κ1) is 32.0. The monoisotopic (exact) mass is 605 g/mol. The van der Waals surface area contributed by atoms with E-state index < -0.39 is 53.5 Å². The molecule has 13 heteroatoms. The van der Waals surface area contributed by atoms with Crippen molar-refractivity contribution in [1.29, 1.82) is 0 Å². The second kappa shape index (κ2) is 13.1. The molecule has 1 fully saturated rings. The van der Waals surface area contributed by atoms with Crippen LogP contribution >= 0.6 is 0 Å². The summed E-state index contributed by atoms with van der Waals surface area (Å²) in [5.41, 5.74) is -1.04. The fourth-order valence-electron chi connectivity index (χ4n) is 5.60. The fourth-order valence-corrected chi connectivity index (χ4v) is 5.60. The van der Waals surface area contributed by atoms with Crippen molar-refractivity contribution in [1.82, 2.24) is 25.1 Å². The van der Waals surface area contributed by atoms with Gasteiger partial charge in [-0.3, -0.25) is 9.59 Å². The van der Waals surface area contributed by atoms with Gasteiger partial charge < -0.3 is 30.3 Å². The molecule has 232 valence electrons. The number of amides is 2. The number of nitrogens with zero attached hydrogens (tertiary/aromatic N) is 3. The van der Waals surface area contributed by atoms with Gasteiger partial charge in [-0.1, -0.05) is 13.8 Å². The summed E-state index contributed by atoms with van der Waals surface area (Å²) in [5, 5.41) is 25.5. The summed E-state index contributed by atoms with van der Waals surface area (Å²) in [6.07, 6.45) is -0.0270. The van der Waals surface area contributed by atoms with E-state index >= 15 is 0 Å². The number of alkyl halides is 1. The molecule has 2 aromatic carbocycles. The molecule has 0 spiro atoms. The molecule has 2 heterocycles. The molecule has 3 unspecified atom stereocenters. The Labute approximate surface area is 246 Å². The van der Waals surface area contributed by atoms with Gasteiger partial charge in [-0.2, -0.15) is 0 Å². The lowest BCUT2D eigenvalue weighted by Gasteiger charge is -2.42. The lowest BCUT2D eigenvalue weighted by Crippen LogP contribution is -2.48. The van der Waals surface area contributed by atoms with Gasteiger partial charge in [-0.05, 0) is 35.9 Å². The number of rotatable bonds is 11. The van der Waals surface area contributed by atoms with Crippen LogP contribution in [-0.4, -0.2) is 75.9 Å². The molecule has 0 saturated carbocycles. The van der Waals surface area contributed by atoms with Crippen LogP contribution in [0.25, 0.3) is 11.3 Å². The molecule has 1 aromatic heterocycles. The Morgan fingerprint density at radius 1 is 1.16 bits per heavy atom. The first-order valence-electron chi connectivity index (χ1n) is 13.8. The van der Waals surface area contributed by atoms with E-state index in [0.717, 1.165) is 24.3 Å². The third-order valence-electron chi connectivity index (χ3n) is 7.64. The fraction of sp³-hybridized carbons (Fsp3) is 0.433. The summed E-state index contributed by atoms with van der Waals surface area (Å²) in [6, 6.07) is 5.15. The Kier molecular flexibility index (Phi) is 9.75. The largest absolute Gasteiger partial charge is 0.508 e. The van der Waals surface area contributed by atoms with Crippen LogP contribution in [0.1, 0.15) is 37.7 Å². The highest BCUT2D eigenvalue weighted by Crippen LogP contribution is 2.43. The third-order valence-corrected chi connectivity index (χ3v) is 7.64. The molecule has 4 N–H and O–H groups in total. The predicted octanol–water partition coefficient (Wildman–Crippen LogP) is 3.30. The minimum atomic E-state index is -1.29. The van der Waals surface area contributed by atoms with Crippen molar-refractivity contribution in [3.05, 3.63) is 71.4 Å². The van der Waals surface area contributed by atoms with Crippen LogP contribution in [0.2, 0.25) is 0 Å². The molecule has 3 aromatic rings. The van der Waals surface area contributed by atoms with Gasteiger partial charge in [0.1, 0.15) is 41.8 Å². The molecule has 9 nitrogen and oxygen atoms in total. The highest BCUT2D eigenvalue weighted by Gasteiger charge is 2.44. The van der Waals surface area contributed by atoms with E-state index in [1.54, 1.807) is 13.8 Å². The molecule has 3 atom stereocenters. The van der Waals surface area contributed by atoms with Crippen LogP contribution in [0.15, 0.2) is 42.6 Å². The summed E-state index contributed by atoms with van der Waals surface area (Å²) >= 11 is 0. The molecule has 43 heavy (non-hydrogen) atoms. The van der Waals surface area contributed by atoms with Gasteiger partial charge >= 0.3 is 0 Å². The van der Waals surface area contributed by atoms with Crippen LogP contribution in [0, 0.1) is 28.8 Å². The van der Waals surface area contributed by atoms with Crippen LogP contribution in [0.5, 0.6) is 5.75 Å². The smallest absolute Gasteiger partial charge is 0.248 e. The van der Waals surface area contributed by atoms with Crippen molar-refractivity contribution in [2.45, 2.75) is 39.0 Å². The summed E-state index contributed by atoms with van der Waals surface area (Å²) in [4.78, 5) is 31.9. The summed E-state index contributed by atoms with van der Waals surface area (Å²) < 4.78 is 59.7. The van der Waals surface area contributed by atoms with E-state index in [0.29, 0.717) is 0 Å². The van der Waals surface area contributed by atoms with Gasteiger partial charge in [0.25, 0.3) is 0 Å². The highest BCUT2D eigenvalue weighted by atomic mass is 19.1. The maximum absolute atomic E-state index is 14.9. The highest BCUT2D eigenvalue weighted by molar-refractivity contribution is 5.79. The second-order valence-corrected chi connectivity index (χ2v) is 11.4. The average molecular weight is 606 g/mol. The summed E-state index contributed by atoms with van der Waals surface area (Å²) in [5.74, 6) is -4.24. The van der Waals surface area contributed by atoms with Crippen molar-refractivity contribution in [2.24, 2.45) is 11.3 Å². The van der Waals surface area contributed by atoms with E-state index in [4.69, 9.17) is 0 Å². The molecule has 2 amide bonds. The van der Waals surface area contributed by atoms with Gasteiger partial charge in [0.15, 0.2) is 0 Å². The molecule has 4 rings (SSSR count). The Balaban J connectivity index is 1.95. The van der Waals surface area contributed by atoms with Crippen LogP contribution in [0.3, 0.4) is 0 Å². The van der Waals surface area contributed by atoms with E-state index in [1.807, 2.05) is 0 Å². The number of aliphatic hydroxyl groups is 1. The van der Waals surface area contributed by atoms with Crippen LogP contribution < -0.4 is 10.6 Å². The number of aromatic nitrogens is 2. The van der Waals surface area contributed by atoms with E-state index in [1.165, 1.54) is 34.8 Å². The summed E-state index contributed by atoms with van der Waals surface area (Å²) in [7, 11) is 1.45. The number of carbonyl (C=O) groups is 2. The number of benzene rings is 2. The van der Waals surface area contributed by atoms with Crippen molar-refractivity contribution >= 4 is 11.8 Å². The number of imidazole rings is 1. The molecule has 0 radical (unpaired) electrons. The predicted molar refractivity (Wildman–Crippen MR) is 150 cm³/mol. The molecular weight excluding hydrogens is 570 g/mol. The molecular formula is C30H35F4N5O4. The zero-order valence-electron chi connectivity index (χ0n) is 24.1. The third kappa shape index (κ3) is 7.34. The Hall–Kier alpha value is -3.97. The van der Waals surface area contributed by atoms with Gasteiger partial charge in [-0.25, -0.2) is 22.5 Å². The first-order chi connectivity index (χ1) is 20.3. The first-order valence-corrected chi connectivity index (χ1v) is 13.8. The normalized spacial score (nSPS) is 17.6. The molecule has 1 aliphatic rings. The number of nitrogens with one attached hydrogen (secondary N) is 2. The molecule has 0 bridgehead atoms. The van der Waals surface area contributed by atoms with Crippen molar-refractivity contribution in [3.63, 3.8) is 0 Å². The number of aromatic hydroxyl groups is 1. The van der Waals surface area contributed by atoms with Crippen molar-refractivity contribution < 1.29 is 37.4 Å². The second-order valence-electron chi connectivity index (χ2n) is 11.4. The summed E-state index contributed by atoms with van der Waals surface area (Å²) in [6.45, 7) is 2.53. The molecule has 1 saturated heterocycles. The number of phenolic OH excluding ortho intramolecular Hbond substituents is 1. The number of carbonyl (C=O) groups excluding carboxylic acids is 2. The zero-order valence-corrected chi connectivity index (χ0v) is 24.1. The minimum Gasteiger partial charge on any atom is -0.508 e. The quantitative estimate of drug-likeness (QED) is 0.249. The van der Waals surface area contributed by atoms with Gasteiger partial charge in [0.05, 0.1) is 11.7 Å². The van der Waals surface area contributed by atoms with Crippen molar-refractivity contribution in [2.75, 3.05) is 33.3 Å². The molecule has 1 aliphatic heterocycles. The lowest BCUT2D eigenvalue weighted by molar-refractivity contribution is -0.142. The average Bonchev–Trinajstić information content (AvgIpc) is 3.53. The van der Waals surface area contributed by atoms with Gasteiger partial charge in [0, 0.05) is 68.8 Å². The Morgan fingerprint density at radius 3 is 2.53 bits per heavy atom. The Morgan fingerprint density at radius 2 is 1.91 bits per heavy atom. The van der Waals surface area contributed by atoms with Crippen LogP contribution in [-0.2, 0) is 16.1 Å². The maximum atomic E-state index is 14.9. The Bertz CT molecular complexity index is 1460. The number of hydrogen-bond donors (Lipinski definition) is 4. The van der Waals surface area contributed by atoms with Crippen LogP contribution in [0.4, 0.5) is 17.6 Å².